The number of carbonyl (C=O) groups is 1. The smallest absolute Gasteiger partial charge is 0.337 e. The second-order valence-electron chi connectivity index (χ2n) is 12.5. The molecule has 42 heavy (non-hydrogen) atoms. The van der Waals surface area contributed by atoms with Crippen molar-refractivity contribution in [1.82, 2.24) is 9.97 Å². The van der Waals surface area contributed by atoms with E-state index >= 15 is 4.39 Å². The van der Waals surface area contributed by atoms with Crippen LogP contribution in [-0.4, -0.2) is 46.3 Å². The average Bonchev–Trinajstić information content (AvgIpc) is 2.89. The van der Waals surface area contributed by atoms with Gasteiger partial charge in [-0.05, 0) is 63.6 Å². The molecule has 3 N–H and O–H groups in total. The fraction of sp³-hybridized carbons (Fsp3) is 0.469. The summed E-state index contributed by atoms with van der Waals surface area (Å²) in [6.07, 6.45) is 2.08. The molecule has 0 radical (unpaired) electrons. The second-order valence-corrected chi connectivity index (χ2v) is 12.5. The van der Waals surface area contributed by atoms with E-state index in [1.165, 1.54) is 18.3 Å². The van der Waals surface area contributed by atoms with Crippen molar-refractivity contribution in [2.24, 2.45) is 5.41 Å². The molecule has 0 spiro atoms. The van der Waals surface area contributed by atoms with Crippen LogP contribution in [0.25, 0.3) is 11.1 Å². The molecule has 1 atom stereocenters. The molecule has 1 aliphatic rings. The van der Waals surface area contributed by atoms with Gasteiger partial charge in [-0.15, -0.1) is 0 Å². The molecule has 3 aromatic rings. The van der Waals surface area contributed by atoms with Gasteiger partial charge in [0.05, 0.1) is 17.9 Å². The number of anilines is 2. The molecule has 1 aromatic carbocycles. The summed E-state index contributed by atoms with van der Waals surface area (Å²) in [7, 11) is 0. The normalized spacial score (nSPS) is 15.9. The molecule has 0 saturated carbocycles. The first kappa shape index (κ1) is 31.2. The van der Waals surface area contributed by atoms with Crippen LogP contribution >= 0.6 is 0 Å². The van der Waals surface area contributed by atoms with Gasteiger partial charge in [-0.2, -0.15) is 0 Å². The Morgan fingerprint density at radius 1 is 1.17 bits per heavy atom. The number of nitrogens with zero attached hydrogens (tertiary/aromatic N) is 3. The van der Waals surface area contributed by atoms with E-state index in [1.807, 2.05) is 0 Å². The number of piperidine rings is 1. The van der Waals surface area contributed by atoms with Crippen molar-refractivity contribution in [1.29, 1.82) is 0 Å². The maximum absolute atomic E-state index is 15.4. The number of hydrogen-bond donors (Lipinski definition) is 2. The molecule has 0 amide bonds. The Balaban J connectivity index is 1.77. The van der Waals surface area contributed by atoms with Crippen LogP contribution in [0.15, 0.2) is 36.5 Å². The maximum atomic E-state index is 15.4. The third kappa shape index (κ3) is 7.15. The number of hydrogen-bond acceptors (Lipinski definition) is 7. The summed E-state index contributed by atoms with van der Waals surface area (Å²) in [5, 5.41) is 10.3. The van der Waals surface area contributed by atoms with Crippen molar-refractivity contribution >= 4 is 17.5 Å². The van der Waals surface area contributed by atoms with E-state index in [0.29, 0.717) is 46.7 Å². The summed E-state index contributed by atoms with van der Waals surface area (Å²) >= 11 is 0. The van der Waals surface area contributed by atoms with Crippen LogP contribution in [-0.2, 0) is 16.0 Å². The van der Waals surface area contributed by atoms with Gasteiger partial charge in [-0.1, -0.05) is 32.0 Å². The van der Waals surface area contributed by atoms with E-state index in [1.54, 1.807) is 45.9 Å². The monoisotopic (exact) mass is 582 g/mol. The van der Waals surface area contributed by atoms with Crippen LogP contribution in [0.3, 0.4) is 0 Å². The van der Waals surface area contributed by atoms with Crippen molar-refractivity contribution in [3.8, 4) is 17.0 Å². The number of nitrogen functional groups attached to an aromatic ring is 1. The zero-order valence-corrected chi connectivity index (χ0v) is 25.1. The number of pyridine rings is 2. The van der Waals surface area contributed by atoms with E-state index in [4.69, 9.17) is 15.2 Å². The van der Waals surface area contributed by atoms with E-state index in [-0.39, 0.29) is 36.0 Å². The Morgan fingerprint density at radius 3 is 2.43 bits per heavy atom. The lowest BCUT2D eigenvalue weighted by Crippen LogP contribution is -2.39. The second kappa shape index (κ2) is 12.2. The third-order valence-electron chi connectivity index (χ3n) is 7.48. The van der Waals surface area contributed by atoms with Crippen molar-refractivity contribution < 1.29 is 28.2 Å². The number of carboxylic acid groups (broad SMARTS) is 1. The minimum absolute atomic E-state index is 0.0296. The Bertz CT molecular complexity index is 1450. The van der Waals surface area contributed by atoms with Crippen molar-refractivity contribution in [2.75, 3.05) is 30.3 Å². The summed E-state index contributed by atoms with van der Waals surface area (Å²) in [6, 6.07) is 7.59. The minimum Gasteiger partial charge on any atom is -0.479 e. The molecule has 8 nitrogen and oxygen atoms in total. The topological polar surface area (TPSA) is 111 Å². The molecule has 0 aliphatic carbocycles. The predicted octanol–water partition coefficient (Wildman–Crippen LogP) is 6.50. The summed E-state index contributed by atoms with van der Waals surface area (Å²) < 4.78 is 40.9. The van der Waals surface area contributed by atoms with E-state index in [0.717, 1.165) is 12.8 Å². The summed E-state index contributed by atoms with van der Waals surface area (Å²) in [5.41, 5.74) is 8.39. The van der Waals surface area contributed by atoms with Crippen LogP contribution in [0.2, 0.25) is 0 Å². The first-order valence-electron chi connectivity index (χ1n) is 14.1. The zero-order valence-electron chi connectivity index (χ0n) is 25.1. The van der Waals surface area contributed by atoms with Gasteiger partial charge < -0.3 is 25.2 Å². The molecule has 226 valence electrons. The molecule has 1 aliphatic heterocycles. The van der Waals surface area contributed by atoms with Crippen LogP contribution in [0, 0.1) is 24.0 Å². The fourth-order valence-electron chi connectivity index (χ4n) is 5.20. The molecular formula is C32H40F2N4O4. The van der Waals surface area contributed by atoms with Gasteiger partial charge >= 0.3 is 5.97 Å². The quantitative estimate of drug-likeness (QED) is 0.294. The number of aryl methyl sites for hydroxylation is 1. The number of ether oxygens (including phenoxy) is 2. The van der Waals surface area contributed by atoms with Crippen LogP contribution in [0.5, 0.6) is 5.88 Å². The maximum Gasteiger partial charge on any atom is 0.337 e. The number of nitrogens with two attached hydrogens (primary N) is 1. The highest BCUT2D eigenvalue weighted by molar-refractivity contribution is 5.91. The highest BCUT2D eigenvalue weighted by atomic mass is 19.1. The van der Waals surface area contributed by atoms with Gasteiger partial charge in [0.1, 0.15) is 11.6 Å². The molecule has 10 heteroatoms. The first-order chi connectivity index (χ1) is 19.7. The number of carboxylic acids is 1. The van der Waals surface area contributed by atoms with Gasteiger partial charge in [0.2, 0.25) is 5.88 Å². The molecule has 2 aromatic heterocycles. The highest BCUT2D eigenvalue weighted by Gasteiger charge is 2.37. The standard InChI is InChI=1S/C32H40F2N4O4/c1-19-24(27(30(39)40)42-31(2,3)4)26(38-14-12-32(5,6)13-15-38)25(28(35)37-19)21-17-23(34)29(36-18-21)41-16-11-20-9-7-8-10-22(20)33/h7-10,17-18,27H,11-16H2,1-6H3,(H2,35,37)(H,39,40)/t27-/m0/s1. The van der Waals surface area contributed by atoms with Gasteiger partial charge in [-0.25, -0.2) is 23.5 Å². The number of aromatic nitrogens is 2. The number of rotatable bonds is 9. The van der Waals surface area contributed by atoms with E-state index in [9.17, 15) is 14.3 Å². The Labute approximate surface area is 245 Å². The van der Waals surface area contributed by atoms with Crippen molar-refractivity contribution in [3.05, 3.63) is 65.0 Å². The molecule has 1 fully saturated rings. The lowest BCUT2D eigenvalue weighted by molar-refractivity contribution is -0.160. The first-order valence-corrected chi connectivity index (χ1v) is 14.1. The third-order valence-corrected chi connectivity index (χ3v) is 7.48. The SMILES string of the molecule is Cc1nc(N)c(-c2cnc(OCCc3ccccc3F)c(F)c2)c(N2CCC(C)(C)CC2)c1[C@H](OC(C)(C)C)C(=O)O. The predicted molar refractivity (Wildman–Crippen MR) is 159 cm³/mol. The lowest BCUT2D eigenvalue weighted by atomic mass is 9.82. The average molecular weight is 583 g/mol. The lowest BCUT2D eigenvalue weighted by Gasteiger charge is -2.41. The van der Waals surface area contributed by atoms with Crippen LogP contribution in [0.4, 0.5) is 20.3 Å². The van der Waals surface area contributed by atoms with Gasteiger partial charge in [0, 0.05) is 48.1 Å². The fourth-order valence-corrected chi connectivity index (χ4v) is 5.20. The summed E-state index contributed by atoms with van der Waals surface area (Å²) in [4.78, 5) is 23.4. The minimum atomic E-state index is -1.33. The highest BCUT2D eigenvalue weighted by Crippen LogP contribution is 2.46. The Morgan fingerprint density at radius 2 is 1.83 bits per heavy atom. The molecule has 0 bridgehead atoms. The van der Waals surface area contributed by atoms with Crippen LogP contribution < -0.4 is 15.4 Å². The van der Waals surface area contributed by atoms with Gasteiger partial charge in [0.25, 0.3) is 0 Å². The molecule has 3 heterocycles. The Kier molecular flexibility index (Phi) is 9.06. The number of benzene rings is 1. The summed E-state index contributed by atoms with van der Waals surface area (Å²) in [6.45, 7) is 12.8. The molecule has 4 rings (SSSR count). The largest absolute Gasteiger partial charge is 0.479 e. The Hall–Kier alpha value is -3.79. The number of aliphatic carboxylic acids is 1. The van der Waals surface area contributed by atoms with Crippen LogP contribution in [0.1, 0.15) is 70.4 Å². The number of halogens is 2. The van der Waals surface area contributed by atoms with Gasteiger partial charge in [0.15, 0.2) is 11.9 Å². The zero-order chi connectivity index (χ0) is 30.8. The molecule has 0 unspecified atom stereocenters. The van der Waals surface area contributed by atoms with E-state index < -0.39 is 23.5 Å². The summed E-state index contributed by atoms with van der Waals surface area (Å²) in [5.74, 6) is -2.34. The van der Waals surface area contributed by atoms with Gasteiger partial charge in [-0.3, -0.25) is 0 Å². The van der Waals surface area contributed by atoms with E-state index in [2.05, 4.69) is 28.7 Å². The van der Waals surface area contributed by atoms with Crippen molar-refractivity contribution in [2.45, 2.75) is 72.5 Å². The van der Waals surface area contributed by atoms with Crippen molar-refractivity contribution in [3.63, 3.8) is 0 Å². The molecular weight excluding hydrogens is 542 g/mol. The molecule has 1 saturated heterocycles.